The van der Waals surface area contributed by atoms with Crippen LogP contribution in [0.3, 0.4) is 0 Å². The van der Waals surface area contributed by atoms with Crippen molar-refractivity contribution in [2.24, 2.45) is 5.73 Å². The summed E-state index contributed by atoms with van der Waals surface area (Å²) in [4.78, 5) is 25.7. The molecule has 2 amide bonds. The Bertz CT molecular complexity index is 767. The molecule has 2 atom stereocenters. The maximum Gasteiger partial charge on any atom is 0.242 e. The Morgan fingerprint density at radius 2 is 1.89 bits per heavy atom. The van der Waals surface area contributed by atoms with Gasteiger partial charge in [-0.05, 0) is 73.9 Å². The van der Waals surface area contributed by atoms with Gasteiger partial charge in [-0.1, -0.05) is 6.07 Å². The third kappa shape index (κ3) is 6.08. The first-order chi connectivity index (χ1) is 12.8. The summed E-state index contributed by atoms with van der Waals surface area (Å²) < 4.78 is 0. The van der Waals surface area contributed by atoms with Gasteiger partial charge >= 0.3 is 0 Å². The topological polar surface area (TPSA) is 104 Å². The van der Waals surface area contributed by atoms with Gasteiger partial charge in [0, 0.05) is 11.4 Å². The lowest BCUT2D eigenvalue weighted by atomic mass is 9.96. The molecule has 1 heterocycles. The lowest BCUT2D eigenvalue weighted by Gasteiger charge is -2.19. The average molecular weight is 390 g/mol. The van der Waals surface area contributed by atoms with E-state index in [0.717, 1.165) is 23.1 Å². The van der Waals surface area contributed by atoms with Crippen LogP contribution in [-0.4, -0.2) is 35.5 Å². The van der Waals surface area contributed by atoms with Crippen molar-refractivity contribution in [2.45, 2.75) is 45.7 Å². The van der Waals surface area contributed by atoms with E-state index < -0.39 is 12.1 Å². The van der Waals surface area contributed by atoms with Crippen LogP contribution in [0, 0.1) is 13.8 Å². The number of hydrogen-bond donors (Lipinski definition) is 4. The molecule has 7 heteroatoms. The number of thiophene rings is 1. The summed E-state index contributed by atoms with van der Waals surface area (Å²) in [6.07, 6.45) is 1.11. The monoisotopic (exact) mass is 389 g/mol. The summed E-state index contributed by atoms with van der Waals surface area (Å²) in [6, 6.07) is 5.87. The van der Waals surface area contributed by atoms with Crippen molar-refractivity contribution in [1.29, 1.82) is 0 Å². The molecule has 0 fully saturated rings. The molecule has 2 aromatic rings. The minimum atomic E-state index is -0.770. The van der Waals surface area contributed by atoms with E-state index in [4.69, 9.17) is 5.73 Å². The van der Waals surface area contributed by atoms with E-state index in [2.05, 4.69) is 10.6 Å². The Balaban J connectivity index is 1.83. The van der Waals surface area contributed by atoms with E-state index in [0.29, 0.717) is 13.0 Å². The zero-order chi connectivity index (χ0) is 20.0. The number of aromatic hydroxyl groups is 1. The molecule has 27 heavy (non-hydrogen) atoms. The molecule has 0 spiro atoms. The van der Waals surface area contributed by atoms with Gasteiger partial charge in [-0.15, -0.1) is 11.3 Å². The maximum atomic E-state index is 12.3. The van der Waals surface area contributed by atoms with E-state index in [9.17, 15) is 14.7 Å². The first-order valence-corrected chi connectivity index (χ1v) is 9.81. The van der Waals surface area contributed by atoms with Gasteiger partial charge in [-0.2, -0.15) is 0 Å². The van der Waals surface area contributed by atoms with Crippen molar-refractivity contribution in [3.05, 3.63) is 51.2 Å². The second-order valence-electron chi connectivity index (χ2n) is 6.72. The quantitative estimate of drug-likeness (QED) is 0.553. The molecule has 1 aromatic carbocycles. The van der Waals surface area contributed by atoms with Gasteiger partial charge in [-0.25, -0.2) is 0 Å². The van der Waals surface area contributed by atoms with Crippen LogP contribution in [0.1, 0.15) is 28.5 Å². The summed E-state index contributed by atoms with van der Waals surface area (Å²) in [7, 11) is 0. The zero-order valence-corrected chi connectivity index (χ0v) is 16.7. The molecular formula is C20H27N3O3S. The highest BCUT2D eigenvalue weighted by Crippen LogP contribution is 2.21. The van der Waals surface area contributed by atoms with E-state index >= 15 is 0 Å². The van der Waals surface area contributed by atoms with Crippen LogP contribution < -0.4 is 16.4 Å². The van der Waals surface area contributed by atoms with Gasteiger partial charge in [0.25, 0.3) is 0 Å². The van der Waals surface area contributed by atoms with E-state index in [1.165, 1.54) is 4.88 Å². The highest BCUT2D eigenvalue weighted by atomic mass is 32.1. The van der Waals surface area contributed by atoms with Gasteiger partial charge in [-0.3, -0.25) is 9.59 Å². The fourth-order valence-corrected chi connectivity index (χ4v) is 3.62. The molecule has 0 unspecified atom stereocenters. The molecule has 0 aliphatic heterocycles. The second kappa shape index (κ2) is 9.53. The largest absolute Gasteiger partial charge is 0.508 e. The minimum Gasteiger partial charge on any atom is -0.508 e. The predicted octanol–water partition coefficient (Wildman–Crippen LogP) is 1.80. The number of nitrogens with one attached hydrogen (secondary N) is 2. The molecule has 0 bridgehead atoms. The number of amides is 2. The number of nitrogens with two attached hydrogens (primary N) is 1. The van der Waals surface area contributed by atoms with Crippen molar-refractivity contribution in [3.63, 3.8) is 0 Å². The Morgan fingerprint density at radius 1 is 1.22 bits per heavy atom. The standard InChI is InChI=1S/C20H27N3O3S/c1-12-9-15(24)10-13(2)17(12)11-18(21)20(26)23-14(3)19(25)22-7-6-16-5-4-8-27-16/h4-5,8-10,14,18,24H,6-7,11,21H2,1-3H3,(H,22,25)(H,23,26)/t14-,18+/m1/s1. The summed E-state index contributed by atoms with van der Waals surface area (Å²) in [5.74, 6) is -0.411. The summed E-state index contributed by atoms with van der Waals surface area (Å²) in [6.45, 7) is 5.91. The van der Waals surface area contributed by atoms with Crippen LogP contribution in [0.15, 0.2) is 29.6 Å². The van der Waals surface area contributed by atoms with Crippen LogP contribution in [0.25, 0.3) is 0 Å². The Kier molecular flexibility index (Phi) is 7.38. The number of rotatable bonds is 8. The first-order valence-electron chi connectivity index (χ1n) is 8.93. The maximum absolute atomic E-state index is 12.3. The highest BCUT2D eigenvalue weighted by Gasteiger charge is 2.21. The number of carbonyl (C=O) groups is 2. The smallest absolute Gasteiger partial charge is 0.242 e. The third-order valence-electron chi connectivity index (χ3n) is 4.44. The first kappa shape index (κ1) is 20.9. The summed E-state index contributed by atoms with van der Waals surface area (Å²) in [5, 5.41) is 17.1. The number of benzene rings is 1. The van der Waals surface area contributed by atoms with Crippen molar-refractivity contribution in [2.75, 3.05) is 6.54 Å². The molecule has 146 valence electrons. The van der Waals surface area contributed by atoms with Gasteiger partial charge in [0.15, 0.2) is 0 Å². The van der Waals surface area contributed by atoms with Crippen molar-refractivity contribution >= 4 is 23.2 Å². The fraction of sp³-hybridized carbons (Fsp3) is 0.400. The van der Waals surface area contributed by atoms with E-state index in [1.807, 2.05) is 31.4 Å². The van der Waals surface area contributed by atoms with Crippen LogP contribution >= 0.6 is 11.3 Å². The minimum absolute atomic E-state index is 0.194. The molecule has 0 radical (unpaired) electrons. The van der Waals surface area contributed by atoms with Crippen molar-refractivity contribution in [3.8, 4) is 5.75 Å². The van der Waals surface area contributed by atoms with Gasteiger partial charge < -0.3 is 21.5 Å². The average Bonchev–Trinajstić information content (AvgIpc) is 3.10. The van der Waals surface area contributed by atoms with Crippen LogP contribution in [0.4, 0.5) is 0 Å². The predicted molar refractivity (Wildman–Crippen MR) is 108 cm³/mol. The molecule has 2 rings (SSSR count). The Morgan fingerprint density at radius 3 is 2.48 bits per heavy atom. The SMILES string of the molecule is Cc1cc(O)cc(C)c1C[C@H](N)C(=O)N[C@H](C)C(=O)NCCc1cccs1. The van der Waals surface area contributed by atoms with Gasteiger partial charge in [0.05, 0.1) is 6.04 Å². The van der Waals surface area contributed by atoms with Crippen LogP contribution in [0.5, 0.6) is 5.75 Å². The number of phenolic OH excluding ortho intramolecular Hbond substituents is 1. The fourth-order valence-electron chi connectivity index (χ4n) is 2.91. The van der Waals surface area contributed by atoms with Gasteiger partial charge in [0.2, 0.25) is 11.8 Å². The molecule has 5 N–H and O–H groups in total. The van der Waals surface area contributed by atoms with Crippen LogP contribution in [-0.2, 0) is 22.4 Å². The molecule has 6 nitrogen and oxygen atoms in total. The number of phenols is 1. The number of aryl methyl sites for hydroxylation is 2. The normalized spacial score (nSPS) is 13.0. The third-order valence-corrected chi connectivity index (χ3v) is 5.38. The van der Waals surface area contributed by atoms with Crippen molar-refractivity contribution < 1.29 is 14.7 Å². The Hall–Kier alpha value is -2.38. The molecule has 1 aromatic heterocycles. The molecule has 0 saturated heterocycles. The van der Waals surface area contributed by atoms with E-state index in [-0.39, 0.29) is 17.6 Å². The lowest BCUT2D eigenvalue weighted by molar-refractivity contribution is -0.129. The highest BCUT2D eigenvalue weighted by molar-refractivity contribution is 7.09. The molecular weight excluding hydrogens is 362 g/mol. The lowest BCUT2D eigenvalue weighted by Crippen LogP contribution is -2.51. The van der Waals surface area contributed by atoms with Gasteiger partial charge in [0.1, 0.15) is 11.8 Å². The Labute approximate surface area is 163 Å². The van der Waals surface area contributed by atoms with Crippen LogP contribution in [0.2, 0.25) is 0 Å². The zero-order valence-electron chi connectivity index (χ0n) is 15.9. The second-order valence-corrected chi connectivity index (χ2v) is 7.75. The summed E-state index contributed by atoms with van der Waals surface area (Å²) in [5.41, 5.74) is 8.74. The molecule has 0 saturated carbocycles. The van der Waals surface area contributed by atoms with E-state index in [1.54, 1.807) is 30.4 Å². The number of carbonyl (C=O) groups excluding carboxylic acids is 2. The van der Waals surface area contributed by atoms with Crippen molar-refractivity contribution in [1.82, 2.24) is 10.6 Å². The molecule has 0 aliphatic rings. The summed E-state index contributed by atoms with van der Waals surface area (Å²) >= 11 is 1.65. The number of hydrogen-bond acceptors (Lipinski definition) is 5. The molecule has 0 aliphatic carbocycles.